The Bertz CT molecular complexity index is 877. The van der Waals surface area contributed by atoms with E-state index in [2.05, 4.69) is 24.0 Å². The molecule has 1 N–H and O–H groups in total. The van der Waals surface area contributed by atoms with Crippen LogP contribution in [0.4, 0.5) is 10.5 Å². The molecular formula is C23H27N3O3. The number of para-hydroxylation sites is 1. The molecule has 6 heteroatoms. The Labute approximate surface area is 171 Å². The fourth-order valence-electron chi connectivity index (χ4n) is 3.24. The number of amides is 2. The molecule has 2 amide bonds. The quantitative estimate of drug-likeness (QED) is 0.673. The highest BCUT2D eigenvalue weighted by Crippen LogP contribution is 2.25. The molecule has 1 aliphatic rings. The van der Waals surface area contributed by atoms with Gasteiger partial charge in [-0.3, -0.25) is 0 Å². The summed E-state index contributed by atoms with van der Waals surface area (Å²) in [6.45, 7) is 6.69. The predicted octanol–water partition coefficient (Wildman–Crippen LogP) is 4.47. The van der Waals surface area contributed by atoms with Crippen LogP contribution in [-0.4, -0.2) is 42.9 Å². The van der Waals surface area contributed by atoms with Gasteiger partial charge in [0.2, 0.25) is 0 Å². The minimum atomic E-state index is -0.219. The number of nitrogens with zero attached hydrogens (tertiary/aromatic N) is 2. The van der Waals surface area contributed by atoms with Gasteiger partial charge in [0.1, 0.15) is 5.75 Å². The van der Waals surface area contributed by atoms with Gasteiger partial charge in [-0.25, -0.2) is 4.79 Å². The number of rotatable bonds is 8. The van der Waals surface area contributed by atoms with Crippen molar-refractivity contribution >= 4 is 17.4 Å². The smallest absolute Gasteiger partial charge is 0.322 e. The van der Waals surface area contributed by atoms with Crippen LogP contribution in [0.3, 0.4) is 0 Å². The summed E-state index contributed by atoms with van der Waals surface area (Å²) in [5.74, 6) is 0.756. The fourth-order valence-corrected chi connectivity index (χ4v) is 3.24. The molecule has 3 rings (SSSR count). The first-order valence-electron chi connectivity index (χ1n) is 9.76. The fraction of sp³-hybridized carbons (Fsp3) is 0.304. The lowest BCUT2D eigenvalue weighted by Crippen LogP contribution is -2.40. The van der Waals surface area contributed by atoms with E-state index in [1.165, 1.54) is 5.56 Å². The molecule has 1 heterocycles. The zero-order chi connectivity index (χ0) is 20.6. The van der Waals surface area contributed by atoms with E-state index in [9.17, 15) is 4.79 Å². The van der Waals surface area contributed by atoms with Crippen LogP contribution >= 0.6 is 0 Å². The van der Waals surface area contributed by atoms with E-state index in [0.717, 1.165) is 29.1 Å². The first-order chi connectivity index (χ1) is 14.1. The number of hydrogen-bond acceptors (Lipinski definition) is 4. The second-order valence-electron chi connectivity index (χ2n) is 6.84. The maximum atomic E-state index is 12.8. The van der Waals surface area contributed by atoms with Crippen molar-refractivity contribution in [2.75, 3.05) is 25.5 Å². The van der Waals surface area contributed by atoms with Gasteiger partial charge in [0.05, 0.1) is 19.4 Å². The molecule has 1 atom stereocenters. The first-order valence-corrected chi connectivity index (χ1v) is 9.76. The number of methoxy groups -OCH3 is 1. The van der Waals surface area contributed by atoms with Crippen molar-refractivity contribution < 1.29 is 14.4 Å². The number of oxime groups is 1. The number of ether oxygens (including phenoxy) is 1. The molecule has 1 aliphatic heterocycles. The highest BCUT2D eigenvalue weighted by molar-refractivity contribution is 6.03. The Hall–Kier alpha value is -3.28. The number of urea groups is 1. The Kier molecular flexibility index (Phi) is 6.89. The van der Waals surface area contributed by atoms with Gasteiger partial charge in [0.15, 0.2) is 6.10 Å². The molecular weight excluding hydrogens is 366 g/mol. The molecule has 0 radical (unpaired) electrons. The topological polar surface area (TPSA) is 63.2 Å². The normalized spacial score (nSPS) is 15.2. The number of benzene rings is 2. The molecule has 0 saturated carbocycles. The number of nitrogens with one attached hydrogen (secondary N) is 1. The highest BCUT2D eigenvalue weighted by Gasteiger charge is 2.27. The van der Waals surface area contributed by atoms with E-state index in [0.29, 0.717) is 19.5 Å². The third-order valence-electron chi connectivity index (χ3n) is 4.83. The SMILES string of the molecule is C=CCN(CC1CC(c2ccccc2OC)=NO1)C(=O)Nc1ccc(CC)cc1. The van der Waals surface area contributed by atoms with Crippen LogP contribution in [0.1, 0.15) is 24.5 Å². The van der Waals surface area contributed by atoms with E-state index in [4.69, 9.17) is 9.57 Å². The molecule has 152 valence electrons. The van der Waals surface area contributed by atoms with Gasteiger partial charge in [-0.1, -0.05) is 42.4 Å². The molecule has 2 aromatic carbocycles. The molecule has 0 saturated heterocycles. The molecule has 29 heavy (non-hydrogen) atoms. The monoisotopic (exact) mass is 393 g/mol. The van der Waals surface area contributed by atoms with Crippen molar-refractivity contribution in [2.24, 2.45) is 5.16 Å². The molecule has 0 spiro atoms. The van der Waals surface area contributed by atoms with Crippen LogP contribution in [0.2, 0.25) is 0 Å². The lowest BCUT2D eigenvalue weighted by molar-refractivity contribution is 0.0645. The van der Waals surface area contributed by atoms with Crippen LogP contribution in [0.25, 0.3) is 0 Å². The zero-order valence-corrected chi connectivity index (χ0v) is 16.9. The maximum Gasteiger partial charge on any atom is 0.322 e. The molecule has 1 unspecified atom stereocenters. The van der Waals surface area contributed by atoms with Gasteiger partial charge in [-0.2, -0.15) is 0 Å². The summed E-state index contributed by atoms with van der Waals surface area (Å²) in [6, 6.07) is 15.4. The lowest BCUT2D eigenvalue weighted by Gasteiger charge is -2.24. The molecule has 0 aliphatic carbocycles. The first kappa shape index (κ1) is 20.5. The van der Waals surface area contributed by atoms with Crippen molar-refractivity contribution in [3.63, 3.8) is 0 Å². The van der Waals surface area contributed by atoms with Crippen LogP contribution in [0.5, 0.6) is 5.75 Å². The highest BCUT2D eigenvalue weighted by atomic mass is 16.6. The van der Waals surface area contributed by atoms with Gasteiger partial charge in [0, 0.05) is 24.2 Å². The Morgan fingerprint density at radius 2 is 2.07 bits per heavy atom. The Balaban J connectivity index is 1.62. The molecule has 0 fully saturated rings. The third kappa shape index (κ3) is 5.16. The zero-order valence-electron chi connectivity index (χ0n) is 16.9. The van der Waals surface area contributed by atoms with Gasteiger partial charge in [0.25, 0.3) is 0 Å². The van der Waals surface area contributed by atoms with Crippen molar-refractivity contribution in [3.05, 3.63) is 72.3 Å². The lowest BCUT2D eigenvalue weighted by atomic mass is 10.0. The number of carbonyl (C=O) groups excluding carboxylic acids is 1. The number of carbonyl (C=O) groups is 1. The van der Waals surface area contributed by atoms with Crippen molar-refractivity contribution in [3.8, 4) is 5.75 Å². The van der Waals surface area contributed by atoms with Crippen LogP contribution in [-0.2, 0) is 11.3 Å². The minimum absolute atomic E-state index is 0.191. The van der Waals surface area contributed by atoms with Crippen LogP contribution < -0.4 is 10.1 Å². The third-order valence-corrected chi connectivity index (χ3v) is 4.83. The number of hydrogen-bond donors (Lipinski definition) is 1. The minimum Gasteiger partial charge on any atom is -0.496 e. The second kappa shape index (κ2) is 9.78. The largest absolute Gasteiger partial charge is 0.496 e. The van der Waals surface area contributed by atoms with Crippen molar-refractivity contribution in [1.82, 2.24) is 4.90 Å². The van der Waals surface area contributed by atoms with E-state index in [1.54, 1.807) is 18.1 Å². The standard InChI is InChI=1S/C23H27N3O3/c1-4-14-26(23(27)24-18-12-10-17(5-2)11-13-18)16-19-15-21(25-29-19)20-8-6-7-9-22(20)28-3/h4,6-13,19H,1,5,14-16H2,2-3H3,(H,24,27). The van der Waals surface area contributed by atoms with Gasteiger partial charge in [-0.15, -0.1) is 6.58 Å². The average Bonchev–Trinajstić information content (AvgIpc) is 3.22. The Morgan fingerprint density at radius 1 is 1.31 bits per heavy atom. The van der Waals surface area contributed by atoms with E-state index in [-0.39, 0.29) is 12.1 Å². The summed E-state index contributed by atoms with van der Waals surface area (Å²) in [7, 11) is 1.63. The number of aryl methyl sites for hydroxylation is 1. The Morgan fingerprint density at radius 3 is 2.76 bits per heavy atom. The maximum absolute atomic E-state index is 12.8. The second-order valence-corrected chi connectivity index (χ2v) is 6.84. The van der Waals surface area contributed by atoms with Gasteiger partial charge in [-0.05, 0) is 36.2 Å². The summed E-state index contributed by atoms with van der Waals surface area (Å²) in [6.07, 6.45) is 3.05. The number of anilines is 1. The van der Waals surface area contributed by atoms with Crippen LogP contribution in [0.15, 0.2) is 66.3 Å². The summed E-state index contributed by atoms with van der Waals surface area (Å²) < 4.78 is 5.41. The van der Waals surface area contributed by atoms with Gasteiger partial charge >= 0.3 is 6.03 Å². The molecule has 2 aromatic rings. The van der Waals surface area contributed by atoms with Crippen molar-refractivity contribution in [1.29, 1.82) is 0 Å². The summed E-state index contributed by atoms with van der Waals surface area (Å²) in [5, 5.41) is 7.16. The van der Waals surface area contributed by atoms with Crippen molar-refractivity contribution in [2.45, 2.75) is 25.9 Å². The molecule has 0 bridgehead atoms. The predicted molar refractivity (Wildman–Crippen MR) is 116 cm³/mol. The average molecular weight is 393 g/mol. The summed E-state index contributed by atoms with van der Waals surface area (Å²) in [5.41, 5.74) is 3.72. The van der Waals surface area contributed by atoms with Gasteiger partial charge < -0.3 is 19.8 Å². The molecule has 0 aromatic heterocycles. The summed E-state index contributed by atoms with van der Waals surface area (Å²) in [4.78, 5) is 20.0. The van der Waals surface area contributed by atoms with E-state index < -0.39 is 0 Å². The summed E-state index contributed by atoms with van der Waals surface area (Å²) >= 11 is 0. The van der Waals surface area contributed by atoms with Crippen LogP contribution in [0, 0.1) is 0 Å². The van der Waals surface area contributed by atoms with E-state index in [1.807, 2.05) is 48.5 Å². The molecule has 6 nitrogen and oxygen atoms in total. The van der Waals surface area contributed by atoms with E-state index >= 15 is 0 Å².